The molecule has 0 spiro atoms. The van der Waals surface area contributed by atoms with Gasteiger partial charge < -0.3 is 16.8 Å². The van der Waals surface area contributed by atoms with Crippen LogP contribution in [0.15, 0.2) is 97.1 Å². The second-order valence-corrected chi connectivity index (χ2v) is 12.4. The fraction of sp³-hybridized carbons (Fsp3) is 0.205. The van der Waals surface area contributed by atoms with E-state index in [1.54, 1.807) is 0 Å². The number of benzene rings is 4. The smallest absolute Gasteiger partial charge is 0.230 e. The summed E-state index contributed by atoms with van der Waals surface area (Å²) in [6, 6.07) is 31.7. The van der Waals surface area contributed by atoms with Gasteiger partial charge in [0.2, 0.25) is 21.8 Å². The molecule has 52 heavy (non-hydrogen) atoms. The van der Waals surface area contributed by atoms with E-state index in [2.05, 4.69) is 66.4 Å². The zero-order valence-corrected chi connectivity index (χ0v) is 30.7. The molecule has 4 aromatic carbocycles. The number of aryl methyl sites for hydroxylation is 5. The van der Waals surface area contributed by atoms with Crippen LogP contribution in [0.3, 0.4) is 0 Å². The van der Waals surface area contributed by atoms with Crippen molar-refractivity contribution in [1.82, 2.24) is 29.9 Å². The maximum atomic E-state index is 12.4. The lowest BCUT2D eigenvalue weighted by Crippen LogP contribution is -2.04. The van der Waals surface area contributed by atoms with Gasteiger partial charge in [-0.25, -0.2) is 4.98 Å². The number of nitrogen functional groups attached to an aromatic ring is 2. The van der Waals surface area contributed by atoms with Gasteiger partial charge in [-0.1, -0.05) is 75.0 Å². The van der Waals surface area contributed by atoms with Crippen molar-refractivity contribution in [2.24, 2.45) is 0 Å². The van der Waals surface area contributed by atoms with E-state index in [9.17, 15) is 4.79 Å². The average molecular weight is 759 g/mol. The third kappa shape index (κ3) is 14.2. The highest BCUT2D eigenvalue weighted by Crippen LogP contribution is 2.17. The number of rotatable bonds is 9. The number of nitrogens with one attached hydrogen (secondary N) is 1. The fourth-order valence-electron chi connectivity index (χ4n) is 4.68. The van der Waals surface area contributed by atoms with Crippen molar-refractivity contribution in [3.05, 3.63) is 152 Å². The van der Waals surface area contributed by atoms with Crippen molar-refractivity contribution in [3.8, 4) is 0 Å². The molecule has 13 heteroatoms. The summed E-state index contributed by atoms with van der Waals surface area (Å²) >= 11 is 16.0. The molecule has 0 atom stereocenters. The minimum Gasteiger partial charge on any atom is -0.399 e. The molecule has 0 fully saturated rings. The Hall–Kier alpha value is -5.16. The molecule has 6 aromatic rings. The Kier molecular flexibility index (Phi) is 16.4. The van der Waals surface area contributed by atoms with E-state index in [0.29, 0.717) is 24.0 Å². The number of ketones is 1. The number of hydrogen-bond acceptors (Lipinski definition) is 10. The van der Waals surface area contributed by atoms with Crippen molar-refractivity contribution >= 4 is 63.6 Å². The first kappa shape index (κ1) is 41.3. The lowest BCUT2D eigenvalue weighted by atomic mass is 10.0. The number of nitrogens with zero attached hydrogens (tertiary/aromatic N) is 6. The van der Waals surface area contributed by atoms with Crippen molar-refractivity contribution in [2.75, 3.05) is 16.8 Å². The van der Waals surface area contributed by atoms with Gasteiger partial charge in [-0.3, -0.25) is 4.79 Å². The summed E-state index contributed by atoms with van der Waals surface area (Å²) in [5.41, 5.74) is 19.4. The van der Waals surface area contributed by atoms with Gasteiger partial charge in [0.1, 0.15) is 11.6 Å². The first-order valence-corrected chi connectivity index (χ1v) is 17.2. The van der Waals surface area contributed by atoms with E-state index in [1.807, 2.05) is 86.6 Å². The minimum absolute atomic E-state index is 0. The van der Waals surface area contributed by atoms with E-state index in [0.717, 1.165) is 47.5 Å². The first-order valence-electron chi connectivity index (χ1n) is 16.0. The summed E-state index contributed by atoms with van der Waals surface area (Å²) in [5.74, 6) is 2.00. The van der Waals surface area contributed by atoms with Crippen LogP contribution in [0.2, 0.25) is 15.9 Å². The molecule has 0 saturated heterocycles. The lowest BCUT2D eigenvalue weighted by Gasteiger charge is -2.07. The standard InChI is InChI=1S/C21H22N4O.C14H16N2.C3Cl3N3.CH4/c1-4-16-5-9-18(10-6-16)20(26)13-17-7-11-19(12-8-17)25-21-23-14(2)22-15(3)24-21;15-13-7-3-11(4-8-13)1-2-12-5-9-14(16)10-6-12;4-1-7-2(5)9-3(6)8-1;/h5-12H,4,13H2,1-3H3,(H,22,23,24,25);3-10H,1-2,15-16H2;;1H4. The average Bonchev–Trinajstić information content (AvgIpc) is 3.09. The predicted molar refractivity (Wildman–Crippen MR) is 214 cm³/mol. The second-order valence-electron chi connectivity index (χ2n) is 11.4. The van der Waals surface area contributed by atoms with E-state index in [4.69, 9.17) is 46.3 Å². The number of hydrogen-bond donors (Lipinski definition) is 3. The van der Waals surface area contributed by atoms with Crippen LogP contribution in [-0.2, 0) is 25.7 Å². The number of carbonyl (C=O) groups is 1. The molecular formula is C39H42Cl3N9O. The Morgan fingerprint density at radius 1 is 0.577 bits per heavy atom. The molecule has 0 aliphatic heterocycles. The van der Waals surface area contributed by atoms with Crippen LogP contribution < -0.4 is 16.8 Å². The van der Waals surface area contributed by atoms with Gasteiger partial charge in [-0.05, 0) is 127 Å². The van der Waals surface area contributed by atoms with Gasteiger partial charge in [-0.2, -0.15) is 24.9 Å². The van der Waals surface area contributed by atoms with Gasteiger partial charge in [-0.15, -0.1) is 0 Å². The van der Waals surface area contributed by atoms with Crippen molar-refractivity contribution < 1.29 is 4.79 Å². The summed E-state index contributed by atoms with van der Waals surface area (Å²) in [6.45, 7) is 5.77. The SMILES string of the molecule is C.CCc1ccc(C(=O)Cc2ccc(Nc3nc(C)nc(C)n3)cc2)cc1.Clc1nc(Cl)nc(Cl)n1.Nc1ccc(CCc2ccc(N)cc2)cc1. The first-order chi connectivity index (χ1) is 24.4. The molecule has 0 unspecified atom stereocenters. The molecular weight excluding hydrogens is 717 g/mol. The van der Waals surface area contributed by atoms with Crippen LogP contribution in [0.4, 0.5) is 23.0 Å². The summed E-state index contributed by atoms with van der Waals surface area (Å²) in [4.78, 5) is 35.5. The Labute approximate surface area is 320 Å². The third-order valence-corrected chi connectivity index (χ3v) is 7.84. The zero-order valence-electron chi connectivity index (χ0n) is 28.4. The Bertz CT molecular complexity index is 1890. The Balaban J connectivity index is 0.000000237. The summed E-state index contributed by atoms with van der Waals surface area (Å²) in [6.07, 6.45) is 3.42. The van der Waals surface area contributed by atoms with Crippen LogP contribution in [0.1, 0.15) is 58.6 Å². The molecule has 2 aromatic heterocycles. The Morgan fingerprint density at radius 3 is 1.40 bits per heavy atom. The summed E-state index contributed by atoms with van der Waals surface area (Å²) in [5, 5.41) is 3.16. The maximum absolute atomic E-state index is 12.4. The predicted octanol–water partition coefficient (Wildman–Crippen LogP) is 9.32. The third-order valence-electron chi connectivity index (χ3n) is 7.33. The maximum Gasteiger partial charge on any atom is 0.230 e. The highest BCUT2D eigenvalue weighted by atomic mass is 35.5. The highest BCUT2D eigenvalue weighted by molar-refractivity contribution is 6.33. The van der Waals surface area contributed by atoms with Crippen LogP contribution >= 0.6 is 34.8 Å². The quantitative estimate of drug-likeness (QED) is 0.0958. The number of nitrogens with two attached hydrogens (primary N) is 2. The van der Waals surface area contributed by atoms with Gasteiger partial charge in [0.15, 0.2) is 5.78 Å². The van der Waals surface area contributed by atoms with E-state index in [1.165, 1.54) is 16.7 Å². The van der Waals surface area contributed by atoms with E-state index in [-0.39, 0.29) is 29.1 Å². The zero-order chi connectivity index (χ0) is 36.8. The largest absolute Gasteiger partial charge is 0.399 e. The second kappa shape index (κ2) is 20.6. The van der Waals surface area contributed by atoms with Gasteiger partial charge >= 0.3 is 0 Å². The fourth-order valence-corrected chi connectivity index (χ4v) is 5.29. The molecule has 0 aliphatic carbocycles. The molecule has 0 radical (unpaired) electrons. The van der Waals surface area contributed by atoms with E-state index >= 15 is 0 Å². The molecule has 0 saturated carbocycles. The molecule has 10 nitrogen and oxygen atoms in total. The van der Waals surface area contributed by atoms with Crippen molar-refractivity contribution in [2.45, 2.75) is 53.9 Å². The highest BCUT2D eigenvalue weighted by Gasteiger charge is 2.08. The topological polar surface area (TPSA) is 158 Å². The number of carbonyl (C=O) groups excluding carboxylic acids is 1. The Morgan fingerprint density at radius 2 is 0.981 bits per heavy atom. The van der Waals surface area contributed by atoms with Gasteiger partial charge in [0.25, 0.3) is 0 Å². The van der Waals surface area contributed by atoms with Gasteiger partial charge in [0.05, 0.1) is 0 Å². The van der Waals surface area contributed by atoms with Crippen molar-refractivity contribution in [3.63, 3.8) is 0 Å². The summed E-state index contributed by atoms with van der Waals surface area (Å²) in [7, 11) is 0. The van der Waals surface area contributed by atoms with Crippen molar-refractivity contribution in [1.29, 1.82) is 0 Å². The number of aromatic nitrogens is 6. The molecule has 270 valence electrons. The normalized spacial score (nSPS) is 10.1. The molecule has 0 bridgehead atoms. The lowest BCUT2D eigenvalue weighted by molar-refractivity contribution is 0.0993. The van der Waals surface area contributed by atoms with Crippen LogP contribution in [-0.4, -0.2) is 35.7 Å². The van der Waals surface area contributed by atoms with Crippen LogP contribution in [0.25, 0.3) is 0 Å². The number of Topliss-reactive ketones (excluding diaryl/α,β-unsaturated/α-hetero) is 1. The van der Waals surface area contributed by atoms with Crippen LogP contribution in [0, 0.1) is 13.8 Å². The monoisotopic (exact) mass is 757 g/mol. The molecule has 5 N–H and O–H groups in total. The minimum atomic E-state index is 0. The molecule has 0 amide bonds. The molecule has 2 heterocycles. The number of anilines is 4. The van der Waals surface area contributed by atoms with Gasteiger partial charge in [0, 0.05) is 29.0 Å². The molecule has 0 aliphatic rings. The van der Waals surface area contributed by atoms with Crippen LogP contribution in [0.5, 0.6) is 0 Å². The molecule has 6 rings (SSSR count). The van der Waals surface area contributed by atoms with E-state index < -0.39 is 0 Å². The number of halogens is 3. The summed E-state index contributed by atoms with van der Waals surface area (Å²) < 4.78 is 0.